The van der Waals surface area contributed by atoms with Crippen LogP contribution in [0.25, 0.3) is 0 Å². The van der Waals surface area contributed by atoms with Crippen LogP contribution < -0.4 is 5.32 Å². The number of hydrogen-bond donors (Lipinski definition) is 1. The van der Waals surface area contributed by atoms with E-state index in [0.29, 0.717) is 5.41 Å². The summed E-state index contributed by atoms with van der Waals surface area (Å²) in [5, 5.41) is 3.50. The molecule has 2 fully saturated rings. The maximum absolute atomic E-state index is 5.60. The van der Waals surface area contributed by atoms with Crippen molar-refractivity contribution in [1.82, 2.24) is 5.32 Å². The molecule has 2 aliphatic heterocycles. The molecule has 1 N–H and O–H groups in total. The van der Waals surface area contributed by atoms with E-state index in [1.54, 1.807) is 16.7 Å². The van der Waals surface area contributed by atoms with Gasteiger partial charge in [0.2, 0.25) is 0 Å². The SMILES string of the molecule is c1cc2c(cc1C1(CC3CCNC3)COC1)CCC2. The van der Waals surface area contributed by atoms with E-state index in [9.17, 15) is 0 Å². The number of fused-ring (bicyclic) bond motifs is 1. The fraction of sp³-hybridized carbons (Fsp3) is 0.647. The smallest absolute Gasteiger partial charge is 0.0585 e. The van der Waals surface area contributed by atoms with Crippen LogP contribution >= 0.6 is 0 Å². The summed E-state index contributed by atoms with van der Waals surface area (Å²) in [7, 11) is 0. The van der Waals surface area contributed by atoms with Gasteiger partial charge in [-0.05, 0) is 67.8 Å². The third-order valence-corrected chi connectivity index (χ3v) is 5.31. The highest BCUT2D eigenvalue weighted by Gasteiger charge is 2.42. The predicted molar refractivity (Wildman–Crippen MR) is 76.6 cm³/mol. The number of nitrogens with one attached hydrogen (secondary N) is 1. The second kappa shape index (κ2) is 4.60. The minimum absolute atomic E-state index is 0.328. The van der Waals surface area contributed by atoms with Crippen molar-refractivity contribution in [2.45, 2.75) is 37.5 Å². The van der Waals surface area contributed by atoms with Crippen molar-refractivity contribution >= 4 is 0 Å². The number of benzene rings is 1. The zero-order valence-electron chi connectivity index (χ0n) is 11.6. The molecule has 2 heteroatoms. The van der Waals surface area contributed by atoms with Crippen LogP contribution in [0, 0.1) is 5.92 Å². The zero-order valence-corrected chi connectivity index (χ0v) is 11.6. The van der Waals surface area contributed by atoms with Gasteiger partial charge < -0.3 is 10.1 Å². The number of aryl methyl sites for hydroxylation is 2. The molecule has 0 saturated carbocycles. The lowest BCUT2D eigenvalue weighted by atomic mass is 9.71. The summed E-state index contributed by atoms with van der Waals surface area (Å²) in [5.74, 6) is 0.845. The fourth-order valence-corrected chi connectivity index (χ4v) is 4.09. The van der Waals surface area contributed by atoms with Gasteiger partial charge in [-0.25, -0.2) is 0 Å². The minimum atomic E-state index is 0.328. The molecule has 2 saturated heterocycles. The lowest BCUT2D eigenvalue weighted by molar-refractivity contribution is -0.0706. The molecule has 0 amide bonds. The highest BCUT2D eigenvalue weighted by Crippen LogP contribution is 2.41. The standard InChI is InChI=1S/C17H23NO/c1-2-14-4-5-16(8-15(14)3-1)17(11-19-12-17)9-13-6-7-18-10-13/h4-5,8,13,18H,1-3,6-7,9-12H2. The molecule has 0 aromatic heterocycles. The maximum Gasteiger partial charge on any atom is 0.0585 e. The van der Waals surface area contributed by atoms with E-state index in [0.717, 1.165) is 19.1 Å². The van der Waals surface area contributed by atoms with Crippen LogP contribution in [0.1, 0.15) is 36.0 Å². The van der Waals surface area contributed by atoms with Gasteiger partial charge >= 0.3 is 0 Å². The van der Waals surface area contributed by atoms with Crippen molar-refractivity contribution in [3.8, 4) is 0 Å². The Labute approximate surface area is 115 Å². The molecule has 1 aromatic rings. The Kier molecular flexibility index (Phi) is 2.89. The first-order valence-electron chi connectivity index (χ1n) is 7.77. The lowest BCUT2D eigenvalue weighted by Crippen LogP contribution is -2.48. The van der Waals surface area contributed by atoms with Crippen molar-refractivity contribution in [3.63, 3.8) is 0 Å². The van der Waals surface area contributed by atoms with Crippen LogP contribution in [0.5, 0.6) is 0 Å². The molecule has 2 heterocycles. The largest absolute Gasteiger partial charge is 0.379 e. The first-order chi connectivity index (χ1) is 9.36. The van der Waals surface area contributed by atoms with Crippen molar-refractivity contribution in [2.75, 3.05) is 26.3 Å². The molecule has 1 aliphatic carbocycles. The molecule has 0 bridgehead atoms. The molecule has 0 radical (unpaired) electrons. The Bertz CT molecular complexity index is 472. The molecule has 2 nitrogen and oxygen atoms in total. The van der Waals surface area contributed by atoms with E-state index in [1.165, 1.54) is 45.2 Å². The monoisotopic (exact) mass is 257 g/mol. The minimum Gasteiger partial charge on any atom is -0.379 e. The van der Waals surface area contributed by atoms with Crippen LogP contribution in [0.4, 0.5) is 0 Å². The molecule has 19 heavy (non-hydrogen) atoms. The van der Waals surface area contributed by atoms with Crippen molar-refractivity contribution in [2.24, 2.45) is 5.92 Å². The molecular formula is C17H23NO. The number of hydrogen-bond acceptors (Lipinski definition) is 2. The van der Waals surface area contributed by atoms with E-state index in [-0.39, 0.29) is 0 Å². The summed E-state index contributed by atoms with van der Waals surface area (Å²) in [4.78, 5) is 0. The first kappa shape index (κ1) is 11.9. The van der Waals surface area contributed by atoms with Crippen LogP contribution in [-0.2, 0) is 23.0 Å². The summed E-state index contributed by atoms with van der Waals surface area (Å²) < 4.78 is 5.60. The maximum atomic E-state index is 5.60. The van der Waals surface area contributed by atoms with Gasteiger partial charge in [0.05, 0.1) is 13.2 Å². The van der Waals surface area contributed by atoms with Crippen molar-refractivity contribution in [1.29, 1.82) is 0 Å². The molecule has 0 spiro atoms. The van der Waals surface area contributed by atoms with E-state index < -0.39 is 0 Å². The summed E-state index contributed by atoms with van der Waals surface area (Å²) in [6.07, 6.45) is 6.55. The van der Waals surface area contributed by atoms with Crippen molar-refractivity contribution < 1.29 is 4.74 Å². The van der Waals surface area contributed by atoms with Gasteiger partial charge in [0, 0.05) is 5.41 Å². The predicted octanol–water partition coefficient (Wildman–Crippen LogP) is 2.44. The molecule has 1 atom stereocenters. The normalized spacial score (nSPS) is 28.1. The van der Waals surface area contributed by atoms with E-state index in [1.807, 2.05) is 0 Å². The van der Waals surface area contributed by atoms with E-state index in [2.05, 4.69) is 23.5 Å². The van der Waals surface area contributed by atoms with E-state index in [4.69, 9.17) is 4.74 Å². The quantitative estimate of drug-likeness (QED) is 0.898. The third kappa shape index (κ3) is 2.02. The lowest BCUT2D eigenvalue weighted by Gasteiger charge is -2.44. The first-order valence-corrected chi connectivity index (χ1v) is 7.77. The van der Waals surface area contributed by atoms with Crippen LogP contribution in [0.15, 0.2) is 18.2 Å². The Balaban J connectivity index is 1.60. The van der Waals surface area contributed by atoms with Gasteiger partial charge in [0.25, 0.3) is 0 Å². The number of rotatable bonds is 3. The summed E-state index contributed by atoms with van der Waals surface area (Å²) >= 11 is 0. The second-order valence-corrected chi connectivity index (χ2v) is 6.67. The van der Waals surface area contributed by atoms with Gasteiger partial charge in [-0.1, -0.05) is 18.2 Å². The Morgan fingerprint density at radius 1 is 1.21 bits per heavy atom. The molecule has 1 unspecified atom stereocenters. The second-order valence-electron chi connectivity index (χ2n) is 6.67. The molecule has 3 aliphatic rings. The highest BCUT2D eigenvalue weighted by molar-refractivity contribution is 5.39. The van der Waals surface area contributed by atoms with Crippen molar-refractivity contribution in [3.05, 3.63) is 34.9 Å². The van der Waals surface area contributed by atoms with Crippen LogP contribution in [-0.4, -0.2) is 26.3 Å². The topological polar surface area (TPSA) is 21.3 Å². The van der Waals surface area contributed by atoms with Gasteiger partial charge in [-0.2, -0.15) is 0 Å². The highest BCUT2D eigenvalue weighted by atomic mass is 16.5. The number of ether oxygens (including phenoxy) is 1. The zero-order chi connectivity index (χ0) is 12.7. The van der Waals surface area contributed by atoms with Gasteiger partial charge in [-0.3, -0.25) is 0 Å². The van der Waals surface area contributed by atoms with Gasteiger partial charge in [0.1, 0.15) is 0 Å². The van der Waals surface area contributed by atoms with E-state index >= 15 is 0 Å². The van der Waals surface area contributed by atoms with Gasteiger partial charge in [-0.15, -0.1) is 0 Å². The molecule has 1 aromatic carbocycles. The molecule has 102 valence electrons. The Hall–Kier alpha value is -0.860. The summed E-state index contributed by atoms with van der Waals surface area (Å²) in [5.41, 5.74) is 5.06. The summed E-state index contributed by atoms with van der Waals surface area (Å²) in [6, 6.07) is 7.26. The average molecular weight is 257 g/mol. The van der Waals surface area contributed by atoms with Gasteiger partial charge in [0.15, 0.2) is 0 Å². The van der Waals surface area contributed by atoms with Crippen LogP contribution in [0.3, 0.4) is 0 Å². The average Bonchev–Trinajstić information content (AvgIpc) is 3.04. The summed E-state index contributed by atoms with van der Waals surface area (Å²) in [6.45, 7) is 4.27. The third-order valence-electron chi connectivity index (χ3n) is 5.31. The Morgan fingerprint density at radius 2 is 2.11 bits per heavy atom. The molecule has 4 rings (SSSR count). The Morgan fingerprint density at radius 3 is 2.84 bits per heavy atom. The van der Waals surface area contributed by atoms with Crippen LogP contribution in [0.2, 0.25) is 0 Å². The fourth-order valence-electron chi connectivity index (χ4n) is 4.09. The molecular weight excluding hydrogens is 234 g/mol.